The van der Waals surface area contributed by atoms with E-state index < -0.39 is 36.3 Å². The number of likely N-dealkylation sites (N-methyl/N-ethyl adjacent to an activating group) is 2. The van der Waals surface area contributed by atoms with Gasteiger partial charge >= 0.3 is 0 Å². The van der Waals surface area contributed by atoms with Crippen molar-refractivity contribution in [2.75, 3.05) is 87.7 Å². The molecule has 1 aromatic heterocycles. The lowest BCUT2D eigenvalue weighted by molar-refractivity contribution is -0.148. The molecule has 0 unspecified atom stereocenters. The number of hydrogen-bond donors (Lipinski definition) is 3. The van der Waals surface area contributed by atoms with Crippen LogP contribution in [-0.4, -0.2) is 167 Å². The van der Waals surface area contributed by atoms with E-state index in [2.05, 4.69) is 27.4 Å². The van der Waals surface area contributed by atoms with Crippen molar-refractivity contribution >= 4 is 35.0 Å². The fraction of sp³-hybridized carbons (Fsp3) is 0.735. The third-order valence-electron chi connectivity index (χ3n) is 12.9. The van der Waals surface area contributed by atoms with Gasteiger partial charge in [-0.2, -0.15) is 0 Å². The van der Waals surface area contributed by atoms with E-state index in [1.165, 1.54) is 11.3 Å². The van der Waals surface area contributed by atoms with Crippen LogP contribution in [0.4, 0.5) is 0 Å². The molecule has 9 atom stereocenters. The molecule has 67 heavy (non-hydrogen) atoms. The fourth-order valence-electron chi connectivity index (χ4n) is 9.05. The lowest BCUT2D eigenvalue weighted by atomic mass is 9.89. The minimum Gasteiger partial charge on any atom is -0.379 e. The molecule has 18 heteroatoms. The van der Waals surface area contributed by atoms with E-state index in [1.807, 2.05) is 94.1 Å². The summed E-state index contributed by atoms with van der Waals surface area (Å²) >= 11 is 1.50. The van der Waals surface area contributed by atoms with Gasteiger partial charge in [-0.25, -0.2) is 10.9 Å². The number of ether oxygens (including phenoxy) is 5. The summed E-state index contributed by atoms with van der Waals surface area (Å²) in [5.41, 5.74) is 1.08. The van der Waals surface area contributed by atoms with Gasteiger partial charge in [0.05, 0.1) is 95.0 Å². The quantitative estimate of drug-likeness (QED) is 0.0669. The number of hydrogen-bond acceptors (Lipinski definition) is 14. The van der Waals surface area contributed by atoms with Crippen LogP contribution >= 0.6 is 11.3 Å². The van der Waals surface area contributed by atoms with Gasteiger partial charge in [-0.15, -0.1) is 11.3 Å². The molecule has 1 fully saturated rings. The molecule has 2 heterocycles. The van der Waals surface area contributed by atoms with E-state index in [0.717, 1.165) is 23.4 Å². The second-order valence-corrected chi connectivity index (χ2v) is 19.2. The first-order valence-corrected chi connectivity index (χ1v) is 24.9. The fourth-order valence-corrected chi connectivity index (χ4v) is 9.74. The smallest absolute Gasteiger partial charge is 0.245 e. The molecule has 4 N–H and O–H groups in total. The van der Waals surface area contributed by atoms with Crippen molar-refractivity contribution in [3.63, 3.8) is 0 Å². The summed E-state index contributed by atoms with van der Waals surface area (Å²) in [4.78, 5) is 71.6. The number of nitrogens with two attached hydrogens (primary N) is 1. The summed E-state index contributed by atoms with van der Waals surface area (Å²) in [7, 11) is 6.79. The molecule has 0 spiro atoms. The molecular formula is C49H83N7O10S. The van der Waals surface area contributed by atoms with E-state index in [4.69, 9.17) is 29.6 Å². The van der Waals surface area contributed by atoms with Gasteiger partial charge in [-0.1, -0.05) is 85.2 Å². The normalized spacial score (nSPS) is 17.8. The second kappa shape index (κ2) is 30.8. The van der Waals surface area contributed by atoms with Crippen LogP contribution in [-0.2, 0) is 54.1 Å². The first-order chi connectivity index (χ1) is 32.1. The predicted molar refractivity (Wildman–Crippen MR) is 260 cm³/mol. The van der Waals surface area contributed by atoms with Crippen molar-refractivity contribution in [3.05, 3.63) is 52.5 Å². The SMILES string of the molecule is CC[C@H](C)[C@@H]([C@@H](CC(=O)N1CCC[C@H]1[C@H](OC)[C@@H](C)C(=O)N[C@@H](Cc1ccccc1)c1nccs1)OC)N(C)C(=O)[C@@H](NC(=O)[C@H](C(C)C)N(C)CCOCCOCCOCCON)C(C)C. The maximum Gasteiger partial charge on any atom is 0.245 e. The highest BCUT2D eigenvalue weighted by Gasteiger charge is 2.43. The average Bonchev–Trinajstić information content (AvgIpc) is 4.03. The number of aromatic nitrogens is 1. The van der Waals surface area contributed by atoms with Gasteiger partial charge in [-0.05, 0) is 49.6 Å². The molecule has 1 aliphatic rings. The summed E-state index contributed by atoms with van der Waals surface area (Å²) < 4.78 is 28.8. The zero-order valence-corrected chi connectivity index (χ0v) is 43.0. The second-order valence-electron chi connectivity index (χ2n) is 18.3. The zero-order chi connectivity index (χ0) is 49.5. The Balaban J connectivity index is 1.68. The standard InChI is InChI=1S/C49H83N7O10S/c1-12-35(6)44(55(9)49(60)42(33(2)3)53-47(59)43(34(4)5)54(8)22-23-63-24-25-64-26-27-65-28-29-66-50)40(61-10)32-41(57)56-21-16-19-39(56)45(62-11)36(7)46(58)52-38(48-51-20-30-67-48)31-37-17-14-13-15-18-37/h13-15,17-18,20,30,33-36,38-40,42-45H,12,16,19,21-29,31-32,50H2,1-11H3,(H,52,58)(H,53,59)/t35-,36+,38-,39-,40+,42-,43-,44-,45+/m0/s1. The molecule has 0 bridgehead atoms. The number of thiazole rings is 1. The summed E-state index contributed by atoms with van der Waals surface area (Å²) in [5.74, 6) is 3.27. The van der Waals surface area contributed by atoms with Gasteiger partial charge < -0.3 is 49.0 Å². The molecular weight excluding hydrogens is 879 g/mol. The highest BCUT2D eigenvalue weighted by molar-refractivity contribution is 7.09. The molecule has 380 valence electrons. The van der Waals surface area contributed by atoms with Crippen LogP contribution in [0.15, 0.2) is 41.9 Å². The molecule has 1 saturated heterocycles. The summed E-state index contributed by atoms with van der Waals surface area (Å²) in [6.07, 6.45) is 3.30. The van der Waals surface area contributed by atoms with Gasteiger partial charge in [0, 0.05) is 45.9 Å². The van der Waals surface area contributed by atoms with E-state index in [9.17, 15) is 19.2 Å². The highest BCUT2D eigenvalue weighted by atomic mass is 32.1. The third-order valence-corrected chi connectivity index (χ3v) is 13.8. The lowest BCUT2D eigenvalue weighted by Gasteiger charge is -2.41. The van der Waals surface area contributed by atoms with E-state index in [-0.39, 0.29) is 59.9 Å². The Hall–Kier alpha value is -3.59. The number of carbonyl (C=O) groups is 4. The number of methoxy groups -OCH3 is 2. The van der Waals surface area contributed by atoms with Crippen LogP contribution < -0.4 is 16.5 Å². The van der Waals surface area contributed by atoms with Gasteiger partial charge in [0.1, 0.15) is 11.0 Å². The number of likely N-dealkylation sites (tertiary alicyclic amines) is 1. The Kier molecular flexibility index (Phi) is 26.5. The summed E-state index contributed by atoms with van der Waals surface area (Å²) in [6, 6.07) is 7.52. The molecule has 1 aliphatic heterocycles. The first-order valence-electron chi connectivity index (χ1n) is 24.0. The zero-order valence-electron chi connectivity index (χ0n) is 42.1. The van der Waals surface area contributed by atoms with E-state index in [1.54, 1.807) is 32.4 Å². The van der Waals surface area contributed by atoms with Crippen molar-refractivity contribution in [2.45, 2.75) is 123 Å². The monoisotopic (exact) mass is 962 g/mol. The molecule has 1 aromatic carbocycles. The Bertz CT molecular complexity index is 1710. The topological polar surface area (TPSA) is 196 Å². The summed E-state index contributed by atoms with van der Waals surface area (Å²) in [6.45, 7) is 17.6. The van der Waals surface area contributed by atoms with Gasteiger partial charge in [0.25, 0.3) is 0 Å². The number of rotatable bonds is 33. The molecule has 0 saturated carbocycles. The van der Waals surface area contributed by atoms with Crippen molar-refractivity contribution in [1.29, 1.82) is 0 Å². The third kappa shape index (κ3) is 18.0. The number of carbonyl (C=O) groups excluding carboxylic acids is 4. The van der Waals surface area contributed by atoms with E-state index in [0.29, 0.717) is 72.2 Å². The van der Waals surface area contributed by atoms with Crippen molar-refractivity contribution in [3.8, 4) is 0 Å². The van der Waals surface area contributed by atoms with Crippen LogP contribution in [0.5, 0.6) is 0 Å². The van der Waals surface area contributed by atoms with Crippen LogP contribution in [0, 0.1) is 23.7 Å². The molecule has 4 amide bonds. The van der Waals surface area contributed by atoms with Crippen molar-refractivity contribution in [1.82, 2.24) is 30.3 Å². The Morgan fingerprint density at radius 1 is 0.866 bits per heavy atom. The predicted octanol–water partition coefficient (Wildman–Crippen LogP) is 4.50. The number of amides is 4. The van der Waals surface area contributed by atoms with Crippen LogP contribution in [0.25, 0.3) is 0 Å². The number of nitrogens with one attached hydrogen (secondary N) is 2. The Labute approximate surface area is 404 Å². The number of nitrogens with zero attached hydrogens (tertiary/aromatic N) is 4. The average molecular weight is 962 g/mol. The van der Waals surface area contributed by atoms with Gasteiger partial charge in [-0.3, -0.25) is 24.1 Å². The largest absolute Gasteiger partial charge is 0.379 e. The number of benzene rings is 1. The maximum absolute atomic E-state index is 14.6. The summed E-state index contributed by atoms with van der Waals surface area (Å²) in [5, 5.41) is 9.07. The van der Waals surface area contributed by atoms with Crippen LogP contribution in [0.2, 0.25) is 0 Å². The van der Waals surface area contributed by atoms with Gasteiger partial charge in [0.2, 0.25) is 23.6 Å². The molecule has 3 rings (SSSR count). The Morgan fingerprint density at radius 2 is 1.51 bits per heavy atom. The molecule has 17 nitrogen and oxygen atoms in total. The van der Waals surface area contributed by atoms with Crippen LogP contribution in [0.3, 0.4) is 0 Å². The lowest BCUT2D eigenvalue weighted by Crippen LogP contribution is -2.60. The highest BCUT2D eigenvalue weighted by Crippen LogP contribution is 2.31. The minimum atomic E-state index is -0.826. The van der Waals surface area contributed by atoms with Crippen LogP contribution in [0.1, 0.15) is 90.8 Å². The molecule has 0 aliphatic carbocycles. The van der Waals surface area contributed by atoms with Gasteiger partial charge in [0.15, 0.2) is 0 Å². The first kappa shape index (κ1) is 57.7. The maximum atomic E-state index is 14.6. The minimum absolute atomic E-state index is 0.0203. The van der Waals surface area contributed by atoms with E-state index >= 15 is 0 Å². The molecule has 2 aromatic rings. The van der Waals surface area contributed by atoms with Crippen molar-refractivity contribution in [2.24, 2.45) is 29.6 Å². The Morgan fingerprint density at radius 3 is 2.06 bits per heavy atom. The van der Waals surface area contributed by atoms with Crippen molar-refractivity contribution < 1.29 is 47.7 Å². The molecule has 0 radical (unpaired) electrons.